The van der Waals surface area contributed by atoms with Crippen LogP contribution in [0.1, 0.15) is 13.0 Å². The molecule has 0 saturated heterocycles. The number of nitrogens with two attached hydrogens (primary N) is 1. The van der Waals surface area contributed by atoms with E-state index in [1.165, 1.54) is 0 Å². The Balaban J connectivity index is 2.68. The van der Waals surface area contributed by atoms with Crippen LogP contribution in [0.25, 0.3) is 11.0 Å². The number of nitrogens with zero attached hydrogens (tertiary/aromatic N) is 4. The molecule has 0 radical (unpaired) electrons. The first-order valence-electron chi connectivity index (χ1n) is 4.53. The second kappa shape index (κ2) is 3.83. The van der Waals surface area contributed by atoms with Gasteiger partial charge in [0.15, 0.2) is 5.65 Å². The number of halogens is 4. The van der Waals surface area contributed by atoms with Crippen LogP contribution in [-0.4, -0.2) is 25.9 Å². The maximum atomic E-state index is 12.6. The molecule has 0 saturated carbocycles. The van der Waals surface area contributed by atoms with Crippen molar-refractivity contribution in [1.29, 1.82) is 0 Å². The molecule has 1 atom stereocenters. The highest BCUT2D eigenvalue weighted by Crippen LogP contribution is 2.34. The third-order valence-corrected chi connectivity index (χ3v) is 2.87. The molecule has 2 N–H and O–H groups in total. The third kappa shape index (κ3) is 1.94. The van der Waals surface area contributed by atoms with E-state index in [9.17, 15) is 13.2 Å². The van der Waals surface area contributed by atoms with Crippen LogP contribution in [0.3, 0.4) is 0 Å². The number of alkyl halides is 3. The molecule has 0 fully saturated rings. The van der Waals surface area contributed by atoms with Gasteiger partial charge < -0.3 is 5.73 Å². The van der Waals surface area contributed by atoms with Gasteiger partial charge in [-0.2, -0.15) is 18.3 Å². The van der Waals surface area contributed by atoms with Crippen LogP contribution in [0.5, 0.6) is 0 Å². The molecule has 2 aromatic rings. The van der Waals surface area contributed by atoms with Gasteiger partial charge in [0.25, 0.3) is 0 Å². The summed E-state index contributed by atoms with van der Waals surface area (Å²) >= 11 is 3.04. The van der Waals surface area contributed by atoms with Gasteiger partial charge in [-0.3, -0.25) is 0 Å². The van der Waals surface area contributed by atoms with Crippen molar-refractivity contribution in [3.05, 3.63) is 10.9 Å². The van der Waals surface area contributed by atoms with Crippen LogP contribution in [0.15, 0.2) is 10.9 Å². The molecule has 5 nitrogen and oxygen atoms in total. The summed E-state index contributed by atoms with van der Waals surface area (Å²) in [5.41, 5.74) is 5.61. The summed E-state index contributed by atoms with van der Waals surface area (Å²) in [6.07, 6.45) is -3.30. The smallest absolute Gasteiger partial charge is 0.383 e. The van der Waals surface area contributed by atoms with Gasteiger partial charge in [-0.1, -0.05) is 0 Å². The normalized spacial score (nSPS) is 14.2. The second-order valence-electron chi connectivity index (χ2n) is 3.41. The predicted octanol–water partition coefficient (Wildman–Crippen LogP) is 2.29. The molecular weight excluding hydrogens is 303 g/mol. The van der Waals surface area contributed by atoms with Gasteiger partial charge in [0.05, 0.1) is 5.39 Å². The topological polar surface area (TPSA) is 69.6 Å². The minimum absolute atomic E-state index is 0.0502. The zero-order valence-corrected chi connectivity index (χ0v) is 10.1. The third-order valence-electron chi connectivity index (χ3n) is 2.32. The Kier molecular flexibility index (Phi) is 2.72. The second-order valence-corrected chi connectivity index (χ2v) is 4.16. The number of hydrogen-bond acceptors (Lipinski definition) is 4. The molecular formula is C8H7BrF3N5. The lowest BCUT2D eigenvalue weighted by Gasteiger charge is -2.16. The van der Waals surface area contributed by atoms with E-state index in [2.05, 4.69) is 31.0 Å². The molecule has 0 aliphatic carbocycles. The molecule has 0 spiro atoms. The average molecular weight is 310 g/mol. The molecule has 0 unspecified atom stereocenters. The number of anilines is 1. The Bertz CT molecular complexity index is 564. The van der Waals surface area contributed by atoms with E-state index in [0.29, 0.717) is 0 Å². The van der Waals surface area contributed by atoms with Gasteiger partial charge >= 0.3 is 6.18 Å². The molecule has 2 rings (SSSR count). The first-order valence-corrected chi connectivity index (χ1v) is 5.32. The van der Waals surface area contributed by atoms with Crippen molar-refractivity contribution < 1.29 is 13.2 Å². The Labute approximate surface area is 102 Å². The standard InChI is InChI=1S/C8H7BrF3N5/c1-3(8(10,11)12)17-7-4(5(9)16-17)6(13)14-2-15-7/h2-3H,1H3,(H2,13,14,15)/t3-/m0/s1. The van der Waals surface area contributed by atoms with Crippen molar-refractivity contribution in [2.75, 3.05) is 5.73 Å². The van der Waals surface area contributed by atoms with Crippen LogP contribution >= 0.6 is 15.9 Å². The van der Waals surface area contributed by atoms with Crippen molar-refractivity contribution in [2.24, 2.45) is 0 Å². The SMILES string of the molecule is C[C@H](n1nc(Br)c2c(N)ncnc21)C(F)(F)F. The highest BCUT2D eigenvalue weighted by Gasteiger charge is 2.39. The Morgan fingerprint density at radius 3 is 2.65 bits per heavy atom. The number of hydrogen-bond donors (Lipinski definition) is 1. The molecule has 17 heavy (non-hydrogen) atoms. The van der Waals surface area contributed by atoms with Crippen LogP contribution < -0.4 is 5.73 Å². The van der Waals surface area contributed by atoms with Crippen molar-refractivity contribution in [2.45, 2.75) is 19.1 Å². The lowest BCUT2D eigenvalue weighted by molar-refractivity contribution is -0.164. The molecule has 0 bridgehead atoms. The first-order chi connectivity index (χ1) is 7.82. The lowest BCUT2D eigenvalue weighted by atomic mass is 10.3. The summed E-state index contributed by atoms with van der Waals surface area (Å²) in [6.45, 7) is 0.997. The van der Waals surface area contributed by atoms with Gasteiger partial charge in [0.2, 0.25) is 0 Å². The fraction of sp³-hybridized carbons (Fsp3) is 0.375. The van der Waals surface area contributed by atoms with E-state index in [1.807, 2.05) is 0 Å². The number of rotatable bonds is 1. The van der Waals surface area contributed by atoms with E-state index < -0.39 is 12.2 Å². The van der Waals surface area contributed by atoms with Crippen molar-refractivity contribution in [3.63, 3.8) is 0 Å². The summed E-state index contributed by atoms with van der Waals surface area (Å²) in [6, 6.07) is -1.79. The number of aromatic nitrogens is 4. The lowest BCUT2D eigenvalue weighted by Crippen LogP contribution is -2.24. The van der Waals surface area contributed by atoms with Crippen molar-refractivity contribution in [3.8, 4) is 0 Å². The van der Waals surface area contributed by atoms with Crippen molar-refractivity contribution >= 4 is 32.8 Å². The predicted molar refractivity (Wildman–Crippen MR) is 58.2 cm³/mol. The van der Waals surface area contributed by atoms with E-state index in [0.717, 1.165) is 17.9 Å². The summed E-state index contributed by atoms with van der Waals surface area (Å²) in [5.74, 6) is 0.0856. The summed E-state index contributed by atoms with van der Waals surface area (Å²) in [7, 11) is 0. The van der Waals surface area contributed by atoms with E-state index in [1.54, 1.807) is 0 Å². The molecule has 92 valence electrons. The number of fused-ring (bicyclic) bond motifs is 1. The minimum atomic E-state index is -4.40. The summed E-state index contributed by atoms with van der Waals surface area (Å²) in [4.78, 5) is 7.48. The molecule has 0 aromatic carbocycles. The Morgan fingerprint density at radius 1 is 1.41 bits per heavy atom. The number of nitrogen functional groups attached to an aromatic ring is 1. The molecule has 2 heterocycles. The molecule has 9 heteroatoms. The van der Waals surface area contributed by atoms with Gasteiger partial charge in [-0.05, 0) is 22.9 Å². The van der Waals surface area contributed by atoms with E-state index in [4.69, 9.17) is 5.73 Å². The van der Waals surface area contributed by atoms with Crippen LogP contribution in [0.2, 0.25) is 0 Å². The van der Waals surface area contributed by atoms with E-state index >= 15 is 0 Å². The molecule has 0 amide bonds. The maximum absolute atomic E-state index is 12.6. The van der Waals surface area contributed by atoms with Crippen LogP contribution in [-0.2, 0) is 0 Å². The average Bonchev–Trinajstić information content (AvgIpc) is 2.55. The zero-order valence-electron chi connectivity index (χ0n) is 8.53. The first kappa shape index (κ1) is 12.1. The van der Waals surface area contributed by atoms with Gasteiger partial charge in [-0.25, -0.2) is 14.6 Å². The highest BCUT2D eigenvalue weighted by atomic mass is 79.9. The van der Waals surface area contributed by atoms with Gasteiger partial charge in [-0.15, -0.1) is 0 Å². The van der Waals surface area contributed by atoms with Gasteiger partial charge in [0, 0.05) is 0 Å². The van der Waals surface area contributed by atoms with Crippen LogP contribution in [0.4, 0.5) is 19.0 Å². The highest BCUT2D eigenvalue weighted by molar-refractivity contribution is 9.10. The summed E-state index contributed by atoms with van der Waals surface area (Å²) < 4.78 is 38.8. The molecule has 0 aliphatic heterocycles. The quantitative estimate of drug-likeness (QED) is 0.877. The zero-order chi connectivity index (χ0) is 12.8. The van der Waals surface area contributed by atoms with Crippen LogP contribution in [0, 0.1) is 0 Å². The fourth-order valence-electron chi connectivity index (χ4n) is 1.36. The monoisotopic (exact) mass is 309 g/mol. The van der Waals surface area contributed by atoms with Crippen molar-refractivity contribution in [1.82, 2.24) is 19.7 Å². The molecule has 2 aromatic heterocycles. The Hall–Kier alpha value is -1.38. The largest absolute Gasteiger partial charge is 0.410 e. The van der Waals surface area contributed by atoms with Gasteiger partial charge in [0.1, 0.15) is 22.8 Å². The maximum Gasteiger partial charge on any atom is 0.410 e. The minimum Gasteiger partial charge on any atom is -0.383 e. The Morgan fingerprint density at radius 2 is 2.06 bits per heavy atom. The van der Waals surface area contributed by atoms with E-state index in [-0.39, 0.29) is 21.5 Å². The summed E-state index contributed by atoms with van der Waals surface area (Å²) in [5, 5.41) is 4.03. The molecule has 0 aliphatic rings. The fourth-order valence-corrected chi connectivity index (χ4v) is 1.91.